The number of unbranched alkanes of at least 4 members (excludes halogenated alkanes) is 1. The fourth-order valence-electron chi connectivity index (χ4n) is 2.90. The number of hydrogen-bond donors (Lipinski definition) is 1. The van der Waals surface area contributed by atoms with Crippen molar-refractivity contribution < 1.29 is 9.47 Å². The van der Waals surface area contributed by atoms with E-state index in [-0.39, 0.29) is 0 Å². The van der Waals surface area contributed by atoms with Crippen LogP contribution in [0.3, 0.4) is 0 Å². The summed E-state index contributed by atoms with van der Waals surface area (Å²) in [6.45, 7) is 3.96. The first-order valence-corrected chi connectivity index (χ1v) is 9.02. The molecule has 6 heteroatoms. The van der Waals surface area contributed by atoms with E-state index in [9.17, 15) is 0 Å². The van der Waals surface area contributed by atoms with Gasteiger partial charge in [-0.3, -0.25) is 0 Å². The minimum atomic E-state index is 0.488. The zero-order chi connectivity index (χ0) is 19.1. The summed E-state index contributed by atoms with van der Waals surface area (Å²) in [7, 11) is 1.63. The molecule has 0 amide bonds. The highest BCUT2D eigenvalue weighted by Gasteiger charge is 2.07. The average molecular weight is 364 g/mol. The van der Waals surface area contributed by atoms with Gasteiger partial charge in [0.1, 0.15) is 5.65 Å². The zero-order valence-electron chi connectivity index (χ0n) is 15.7. The van der Waals surface area contributed by atoms with Crippen LogP contribution in [0.25, 0.3) is 5.65 Å². The largest absolute Gasteiger partial charge is 0.493 e. The van der Waals surface area contributed by atoms with Gasteiger partial charge in [-0.2, -0.15) is 5.26 Å². The Kier molecular flexibility index (Phi) is 6.29. The van der Waals surface area contributed by atoms with Gasteiger partial charge in [0.15, 0.2) is 11.5 Å². The van der Waals surface area contributed by atoms with Gasteiger partial charge in [0.25, 0.3) is 0 Å². The summed E-state index contributed by atoms with van der Waals surface area (Å²) in [6.07, 6.45) is 3.26. The lowest BCUT2D eigenvalue weighted by Crippen LogP contribution is -2.13. The highest BCUT2D eigenvalue weighted by atomic mass is 16.5. The number of nitriles is 1. The molecule has 0 saturated heterocycles. The standard InChI is InChI=1S/C21H24N4O2/c1-16-6-5-7-21-24-18(15-25(16)21)14-23-13-17-8-9-19(26-2)20(12-17)27-11-4-3-10-22/h5-9,12,15,23H,3-4,11,13-14H2,1-2H3. The molecule has 0 aliphatic heterocycles. The van der Waals surface area contributed by atoms with Gasteiger partial charge in [0.05, 0.1) is 25.5 Å². The Morgan fingerprint density at radius 3 is 2.85 bits per heavy atom. The predicted octanol–water partition coefficient (Wildman–Crippen LogP) is 3.62. The number of nitrogens with one attached hydrogen (secondary N) is 1. The number of ether oxygens (including phenoxy) is 2. The molecule has 0 unspecified atom stereocenters. The highest BCUT2D eigenvalue weighted by Crippen LogP contribution is 2.28. The van der Waals surface area contributed by atoms with E-state index in [0.717, 1.165) is 16.9 Å². The number of imidazole rings is 1. The number of hydrogen-bond acceptors (Lipinski definition) is 5. The van der Waals surface area contributed by atoms with E-state index in [1.165, 1.54) is 5.69 Å². The molecule has 27 heavy (non-hydrogen) atoms. The van der Waals surface area contributed by atoms with Crippen molar-refractivity contribution in [2.24, 2.45) is 0 Å². The molecule has 140 valence electrons. The van der Waals surface area contributed by atoms with Gasteiger partial charge in [-0.05, 0) is 43.2 Å². The van der Waals surface area contributed by atoms with Crippen molar-refractivity contribution in [1.29, 1.82) is 5.26 Å². The van der Waals surface area contributed by atoms with Crippen molar-refractivity contribution in [3.63, 3.8) is 0 Å². The van der Waals surface area contributed by atoms with E-state index in [1.54, 1.807) is 7.11 Å². The van der Waals surface area contributed by atoms with Crippen LogP contribution in [0.2, 0.25) is 0 Å². The Morgan fingerprint density at radius 1 is 1.19 bits per heavy atom. The second kappa shape index (κ2) is 9.06. The third-order valence-electron chi connectivity index (χ3n) is 4.30. The van der Waals surface area contributed by atoms with Gasteiger partial charge >= 0.3 is 0 Å². The average Bonchev–Trinajstić information content (AvgIpc) is 3.10. The number of rotatable bonds is 9. The summed E-state index contributed by atoms with van der Waals surface area (Å²) in [5.41, 5.74) is 4.24. The van der Waals surface area contributed by atoms with Crippen LogP contribution >= 0.6 is 0 Å². The Morgan fingerprint density at radius 2 is 2.07 bits per heavy atom. The molecule has 3 rings (SSSR count). The van der Waals surface area contributed by atoms with Gasteiger partial charge in [0, 0.05) is 31.4 Å². The van der Waals surface area contributed by atoms with Crippen molar-refractivity contribution in [2.75, 3.05) is 13.7 Å². The summed E-state index contributed by atoms with van der Waals surface area (Å²) in [4.78, 5) is 4.64. The van der Waals surface area contributed by atoms with E-state index in [0.29, 0.717) is 44.0 Å². The second-order valence-electron chi connectivity index (χ2n) is 6.33. The summed E-state index contributed by atoms with van der Waals surface area (Å²) in [5.74, 6) is 1.41. The lowest BCUT2D eigenvalue weighted by atomic mass is 10.2. The molecule has 3 aromatic rings. The fraction of sp³-hybridized carbons (Fsp3) is 0.333. The van der Waals surface area contributed by atoms with Crippen molar-refractivity contribution >= 4 is 5.65 Å². The van der Waals surface area contributed by atoms with Crippen molar-refractivity contribution in [3.8, 4) is 17.6 Å². The number of aryl methyl sites for hydroxylation is 1. The van der Waals surface area contributed by atoms with Gasteiger partial charge in [-0.15, -0.1) is 0 Å². The number of benzene rings is 1. The molecule has 6 nitrogen and oxygen atoms in total. The van der Waals surface area contributed by atoms with Crippen molar-refractivity contribution in [2.45, 2.75) is 32.9 Å². The van der Waals surface area contributed by atoms with Gasteiger partial charge in [-0.1, -0.05) is 12.1 Å². The van der Waals surface area contributed by atoms with E-state index in [4.69, 9.17) is 14.7 Å². The zero-order valence-corrected chi connectivity index (χ0v) is 15.7. The molecular weight excluding hydrogens is 340 g/mol. The third kappa shape index (κ3) is 4.78. The normalized spacial score (nSPS) is 10.7. The molecule has 1 aromatic carbocycles. The maximum absolute atomic E-state index is 8.62. The molecule has 1 N–H and O–H groups in total. The number of methoxy groups -OCH3 is 1. The molecule has 2 aromatic heterocycles. The number of nitrogens with zero attached hydrogens (tertiary/aromatic N) is 3. The topological polar surface area (TPSA) is 71.6 Å². The Bertz CT molecular complexity index is 943. The number of aromatic nitrogens is 2. The molecule has 0 aliphatic rings. The molecule has 0 saturated carbocycles. The molecule has 0 radical (unpaired) electrons. The van der Waals surface area contributed by atoms with Crippen LogP contribution in [0.15, 0.2) is 42.6 Å². The second-order valence-corrected chi connectivity index (χ2v) is 6.33. The van der Waals surface area contributed by atoms with Crippen LogP contribution in [0.5, 0.6) is 11.5 Å². The lowest BCUT2D eigenvalue weighted by molar-refractivity contribution is 0.290. The van der Waals surface area contributed by atoms with Crippen molar-refractivity contribution in [3.05, 3.63) is 59.5 Å². The fourth-order valence-corrected chi connectivity index (χ4v) is 2.90. The highest BCUT2D eigenvalue weighted by molar-refractivity contribution is 5.43. The minimum absolute atomic E-state index is 0.488. The maximum atomic E-state index is 8.62. The predicted molar refractivity (Wildman–Crippen MR) is 104 cm³/mol. The Balaban J connectivity index is 1.59. The van der Waals surface area contributed by atoms with E-state index >= 15 is 0 Å². The first-order chi connectivity index (χ1) is 13.2. The summed E-state index contributed by atoms with van der Waals surface area (Å²) >= 11 is 0. The molecule has 0 spiro atoms. The molecule has 0 atom stereocenters. The maximum Gasteiger partial charge on any atom is 0.161 e. The molecule has 0 bridgehead atoms. The van der Waals surface area contributed by atoms with Crippen LogP contribution < -0.4 is 14.8 Å². The van der Waals surface area contributed by atoms with E-state index in [1.807, 2.05) is 30.3 Å². The van der Waals surface area contributed by atoms with Crippen molar-refractivity contribution in [1.82, 2.24) is 14.7 Å². The SMILES string of the molecule is COc1ccc(CNCc2cn3c(C)cccc3n2)cc1OCCCC#N. The van der Waals surface area contributed by atoms with Crippen LogP contribution in [0.1, 0.15) is 29.8 Å². The van der Waals surface area contributed by atoms with Crippen LogP contribution in [0.4, 0.5) is 0 Å². The van der Waals surface area contributed by atoms with Crippen LogP contribution in [0, 0.1) is 18.3 Å². The monoisotopic (exact) mass is 364 g/mol. The van der Waals surface area contributed by atoms with Gasteiger partial charge in [0.2, 0.25) is 0 Å². The Labute approximate surface area is 159 Å². The quantitative estimate of drug-likeness (QED) is 0.587. The molecule has 0 fully saturated rings. The molecule has 0 aliphatic carbocycles. The van der Waals surface area contributed by atoms with E-state index < -0.39 is 0 Å². The number of pyridine rings is 1. The molecular formula is C21H24N4O2. The first kappa shape index (κ1) is 18.7. The summed E-state index contributed by atoms with van der Waals surface area (Å²) in [6, 6.07) is 14.1. The van der Waals surface area contributed by atoms with Crippen LogP contribution in [-0.4, -0.2) is 23.1 Å². The Hall–Kier alpha value is -3.04. The van der Waals surface area contributed by atoms with Crippen LogP contribution in [-0.2, 0) is 13.1 Å². The smallest absolute Gasteiger partial charge is 0.161 e. The minimum Gasteiger partial charge on any atom is -0.493 e. The lowest BCUT2D eigenvalue weighted by Gasteiger charge is -2.12. The molecule has 2 heterocycles. The summed E-state index contributed by atoms with van der Waals surface area (Å²) in [5, 5.41) is 12.0. The van der Waals surface area contributed by atoms with Gasteiger partial charge < -0.3 is 19.2 Å². The number of fused-ring (bicyclic) bond motifs is 1. The summed E-state index contributed by atoms with van der Waals surface area (Å²) < 4.78 is 13.2. The van der Waals surface area contributed by atoms with Gasteiger partial charge in [-0.25, -0.2) is 4.98 Å². The third-order valence-corrected chi connectivity index (χ3v) is 4.30. The first-order valence-electron chi connectivity index (χ1n) is 9.02. The van der Waals surface area contributed by atoms with E-state index in [2.05, 4.69) is 40.0 Å².